The van der Waals surface area contributed by atoms with Crippen LogP contribution in [-0.4, -0.2) is 41.8 Å². The van der Waals surface area contributed by atoms with Gasteiger partial charge >= 0.3 is 12.1 Å². The molecule has 7 nitrogen and oxygen atoms in total. The maximum absolute atomic E-state index is 12.5. The van der Waals surface area contributed by atoms with Gasteiger partial charge < -0.3 is 20.5 Å². The van der Waals surface area contributed by atoms with Crippen molar-refractivity contribution >= 4 is 18.0 Å². The number of benzene rings is 2. The summed E-state index contributed by atoms with van der Waals surface area (Å²) in [7, 11) is 0. The first-order chi connectivity index (χ1) is 16.1. The number of amides is 2. The van der Waals surface area contributed by atoms with Crippen molar-refractivity contribution in [3.05, 3.63) is 59.7 Å². The van der Waals surface area contributed by atoms with Crippen molar-refractivity contribution in [3.63, 3.8) is 0 Å². The van der Waals surface area contributed by atoms with E-state index < -0.39 is 30.1 Å². The number of carbonyl (C=O) groups is 3. The van der Waals surface area contributed by atoms with Gasteiger partial charge in [0.15, 0.2) is 0 Å². The number of rotatable bonds is 9. The first-order valence-electron chi connectivity index (χ1n) is 11.7. The molecule has 34 heavy (non-hydrogen) atoms. The summed E-state index contributed by atoms with van der Waals surface area (Å²) in [5, 5.41) is 14.8. The summed E-state index contributed by atoms with van der Waals surface area (Å²) < 4.78 is 5.56. The van der Waals surface area contributed by atoms with E-state index in [9.17, 15) is 19.5 Å². The van der Waals surface area contributed by atoms with Gasteiger partial charge in [-0.1, -0.05) is 76.2 Å². The summed E-state index contributed by atoms with van der Waals surface area (Å²) in [5.74, 6) is -1.53. The third-order valence-electron chi connectivity index (χ3n) is 6.04. The van der Waals surface area contributed by atoms with Crippen molar-refractivity contribution < 1.29 is 24.2 Å². The van der Waals surface area contributed by atoms with E-state index in [1.54, 1.807) is 0 Å². The fourth-order valence-electron chi connectivity index (χ4n) is 4.39. The minimum Gasteiger partial charge on any atom is -0.480 e. The van der Waals surface area contributed by atoms with Crippen LogP contribution in [0.4, 0.5) is 4.79 Å². The number of hydrogen-bond donors (Lipinski definition) is 3. The third kappa shape index (κ3) is 6.37. The summed E-state index contributed by atoms with van der Waals surface area (Å²) in [6.45, 7) is 7.80. The lowest BCUT2D eigenvalue weighted by Crippen LogP contribution is -2.46. The molecule has 1 aliphatic carbocycles. The number of nitrogens with one attached hydrogen (secondary N) is 2. The molecule has 2 unspecified atom stereocenters. The number of ether oxygens (including phenoxy) is 1. The molecule has 0 spiro atoms. The fraction of sp³-hybridized carbons (Fsp3) is 0.444. The second-order valence-electron chi connectivity index (χ2n) is 10.0. The third-order valence-corrected chi connectivity index (χ3v) is 6.04. The molecule has 0 aliphatic heterocycles. The lowest BCUT2D eigenvalue weighted by Gasteiger charge is -2.25. The molecular formula is C27H34N2O5. The van der Waals surface area contributed by atoms with Crippen LogP contribution in [0.25, 0.3) is 11.1 Å². The zero-order valence-electron chi connectivity index (χ0n) is 20.3. The molecule has 3 rings (SSSR count). The second-order valence-corrected chi connectivity index (χ2v) is 10.0. The quantitative estimate of drug-likeness (QED) is 0.497. The highest BCUT2D eigenvalue weighted by molar-refractivity contribution is 5.84. The second kappa shape index (κ2) is 10.7. The Kier molecular flexibility index (Phi) is 7.97. The van der Waals surface area contributed by atoms with Gasteiger partial charge in [-0.3, -0.25) is 4.79 Å². The number of carboxylic acid groups (broad SMARTS) is 1. The standard InChI is InChI=1S/C27H34N2O5/c1-5-17(14-24(30)29-23(25(31)32)15-27(2,3)4)28-26(33)34-16-22-20-12-8-6-10-18(20)19-11-7-9-13-21(19)22/h6-13,17,22-23H,5,14-16H2,1-4H3,(H,28,33)(H,29,30)(H,31,32). The van der Waals surface area contributed by atoms with Gasteiger partial charge in [-0.2, -0.15) is 0 Å². The molecular weight excluding hydrogens is 432 g/mol. The maximum atomic E-state index is 12.5. The van der Waals surface area contributed by atoms with Gasteiger partial charge in [0.25, 0.3) is 0 Å². The summed E-state index contributed by atoms with van der Waals surface area (Å²) in [4.78, 5) is 36.5. The number of carbonyl (C=O) groups excluding carboxylic acids is 2. The Balaban J connectivity index is 1.56. The monoisotopic (exact) mass is 466 g/mol. The molecule has 2 atom stereocenters. The molecule has 0 fully saturated rings. The van der Waals surface area contributed by atoms with Crippen LogP contribution in [0.15, 0.2) is 48.5 Å². The Morgan fingerprint density at radius 3 is 2.03 bits per heavy atom. The van der Waals surface area contributed by atoms with Crippen molar-refractivity contribution in [2.45, 2.75) is 65.0 Å². The van der Waals surface area contributed by atoms with Gasteiger partial charge in [0, 0.05) is 18.4 Å². The van der Waals surface area contributed by atoms with Crippen LogP contribution in [0, 0.1) is 5.41 Å². The summed E-state index contributed by atoms with van der Waals surface area (Å²) >= 11 is 0. The van der Waals surface area contributed by atoms with Crippen molar-refractivity contribution in [1.29, 1.82) is 0 Å². The smallest absolute Gasteiger partial charge is 0.407 e. The SMILES string of the molecule is CCC(CC(=O)NC(CC(C)(C)C)C(=O)O)NC(=O)OCC1c2ccccc2-c2ccccc21. The molecule has 2 aromatic carbocycles. The lowest BCUT2D eigenvalue weighted by atomic mass is 9.88. The van der Waals surface area contributed by atoms with E-state index in [4.69, 9.17) is 4.74 Å². The van der Waals surface area contributed by atoms with Crippen LogP contribution >= 0.6 is 0 Å². The molecule has 0 aromatic heterocycles. The van der Waals surface area contributed by atoms with E-state index in [1.807, 2.05) is 52.0 Å². The summed E-state index contributed by atoms with van der Waals surface area (Å²) in [6, 6.07) is 14.8. The largest absolute Gasteiger partial charge is 0.480 e. The van der Waals surface area contributed by atoms with E-state index >= 15 is 0 Å². The number of aliphatic carboxylic acids is 1. The van der Waals surface area contributed by atoms with Crippen LogP contribution in [0.5, 0.6) is 0 Å². The zero-order valence-corrected chi connectivity index (χ0v) is 20.3. The van der Waals surface area contributed by atoms with Gasteiger partial charge in [0.2, 0.25) is 5.91 Å². The molecule has 1 aliphatic rings. The molecule has 7 heteroatoms. The number of carboxylic acids is 1. The molecule has 3 N–H and O–H groups in total. The van der Waals surface area contributed by atoms with Crippen LogP contribution in [-0.2, 0) is 14.3 Å². The van der Waals surface area contributed by atoms with E-state index in [1.165, 1.54) is 0 Å². The molecule has 0 heterocycles. The molecule has 2 aromatic rings. The predicted molar refractivity (Wildman–Crippen MR) is 131 cm³/mol. The maximum Gasteiger partial charge on any atom is 0.407 e. The molecule has 0 radical (unpaired) electrons. The topological polar surface area (TPSA) is 105 Å². The van der Waals surface area contributed by atoms with E-state index in [2.05, 4.69) is 34.9 Å². The Morgan fingerprint density at radius 1 is 0.971 bits per heavy atom. The van der Waals surface area contributed by atoms with Crippen molar-refractivity contribution in [2.24, 2.45) is 5.41 Å². The number of alkyl carbamates (subject to hydrolysis) is 1. The van der Waals surface area contributed by atoms with Gasteiger partial charge in [0.1, 0.15) is 12.6 Å². The minimum atomic E-state index is -1.07. The van der Waals surface area contributed by atoms with Crippen LogP contribution < -0.4 is 10.6 Å². The highest BCUT2D eigenvalue weighted by Crippen LogP contribution is 2.44. The van der Waals surface area contributed by atoms with E-state index in [0.29, 0.717) is 12.8 Å². The minimum absolute atomic E-state index is 0.0192. The van der Waals surface area contributed by atoms with Gasteiger partial charge in [-0.25, -0.2) is 9.59 Å². The Bertz CT molecular complexity index is 998. The number of fused-ring (bicyclic) bond motifs is 3. The molecule has 0 saturated carbocycles. The number of hydrogen-bond acceptors (Lipinski definition) is 4. The molecule has 0 bridgehead atoms. The van der Waals surface area contributed by atoms with Crippen LogP contribution in [0.2, 0.25) is 0 Å². The summed E-state index contributed by atoms with van der Waals surface area (Å²) in [6.07, 6.45) is 0.208. The van der Waals surface area contributed by atoms with E-state index in [-0.39, 0.29) is 24.4 Å². The van der Waals surface area contributed by atoms with Crippen molar-refractivity contribution in [3.8, 4) is 11.1 Å². The zero-order chi connectivity index (χ0) is 24.9. The van der Waals surface area contributed by atoms with Gasteiger partial charge in [0.05, 0.1) is 0 Å². The van der Waals surface area contributed by atoms with Gasteiger partial charge in [-0.15, -0.1) is 0 Å². The van der Waals surface area contributed by atoms with Crippen LogP contribution in [0.3, 0.4) is 0 Å². The van der Waals surface area contributed by atoms with Gasteiger partial charge in [-0.05, 0) is 40.5 Å². The highest BCUT2D eigenvalue weighted by atomic mass is 16.5. The first kappa shape index (κ1) is 25.3. The molecule has 2 amide bonds. The molecule has 0 saturated heterocycles. The highest BCUT2D eigenvalue weighted by Gasteiger charge is 2.30. The fourth-order valence-corrected chi connectivity index (χ4v) is 4.39. The Morgan fingerprint density at radius 2 is 1.53 bits per heavy atom. The van der Waals surface area contributed by atoms with Crippen molar-refractivity contribution in [2.75, 3.05) is 6.61 Å². The van der Waals surface area contributed by atoms with Crippen molar-refractivity contribution in [1.82, 2.24) is 10.6 Å². The average molecular weight is 467 g/mol. The molecule has 182 valence electrons. The Labute approximate surface area is 200 Å². The normalized spacial score (nSPS) is 14.5. The average Bonchev–Trinajstić information content (AvgIpc) is 3.09. The Hall–Kier alpha value is -3.35. The first-order valence-corrected chi connectivity index (χ1v) is 11.7. The van der Waals surface area contributed by atoms with Crippen LogP contribution in [0.1, 0.15) is 64.0 Å². The summed E-state index contributed by atoms with van der Waals surface area (Å²) in [5.41, 5.74) is 4.31. The predicted octanol–water partition coefficient (Wildman–Crippen LogP) is 4.70. The lowest BCUT2D eigenvalue weighted by molar-refractivity contribution is -0.142. The van der Waals surface area contributed by atoms with E-state index in [0.717, 1.165) is 22.3 Å².